The summed E-state index contributed by atoms with van der Waals surface area (Å²) in [5.74, 6) is -2.22. The number of esters is 1. The van der Waals surface area contributed by atoms with E-state index in [1.54, 1.807) is 18.7 Å². The Morgan fingerprint density at radius 2 is 1.79 bits per heavy atom. The minimum atomic E-state index is -0.925. The number of nitrogens with one attached hydrogen (secondary N) is 1. The molecular weight excluding hydrogens is 375 g/mol. The third kappa shape index (κ3) is 4.80. The zero-order valence-corrected chi connectivity index (χ0v) is 16.4. The van der Waals surface area contributed by atoms with E-state index in [1.807, 2.05) is 24.3 Å². The Kier molecular flexibility index (Phi) is 6.26. The number of nitrogens with zero attached hydrogens (tertiary/aromatic N) is 1. The van der Waals surface area contributed by atoms with Gasteiger partial charge in [-0.3, -0.25) is 9.59 Å². The zero-order valence-electron chi connectivity index (χ0n) is 16.4. The predicted octanol–water partition coefficient (Wildman–Crippen LogP) is 2.71. The Morgan fingerprint density at radius 1 is 1.10 bits per heavy atom. The van der Waals surface area contributed by atoms with Crippen LogP contribution in [0, 0.1) is 11.7 Å². The van der Waals surface area contributed by atoms with Crippen LogP contribution in [0.15, 0.2) is 48.5 Å². The Bertz CT molecular complexity index is 911. The van der Waals surface area contributed by atoms with Crippen molar-refractivity contribution in [1.29, 1.82) is 0 Å². The molecule has 0 aliphatic carbocycles. The van der Waals surface area contributed by atoms with Gasteiger partial charge in [0.2, 0.25) is 0 Å². The number of hydrogen-bond acceptors (Lipinski definition) is 4. The predicted molar refractivity (Wildman–Crippen MR) is 106 cm³/mol. The lowest BCUT2D eigenvalue weighted by Gasteiger charge is -2.22. The van der Waals surface area contributed by atoms with Crippen molar-refractivity contribution in [2.24, 2.45) is 5.92 Å². The highest BCUT2D eigenvalue weighted by molar-refractivity contribution is 5.99. The molecule has 152 valence electrons. The molecule has 0 spiro atoms. The largest absolute Gasteiger partial charge is 0.454 e. The number of hydrogen-bond donors (Lipinski definition) is 1. The summed E-state index contributed by atoms with van der Waals surface area (Å²) in [5, 5.41) is 2.60. The van der Waals surface area contributed by atoms with Gasteiger partial charge in [0.15, 0.2) is 6.61 Å². The summed E-state index contributed by atoms with van der Waals surface area (Å²) < 4.78 is 18.2. The number of amides is 2. The number of fused-ring (bicyclic) bond motifs is 1. The van der Waals surface area contributed by atoms with Crippen molar-refractivity contribution in [3.8, 4) is 0 Å². The van der Waals surface area contributed by atoms with Crippen LogP contribution in [-0.4, -0.2) is 37.0 Å². The van der Waals surface area contributed by atoms with Crippen molar-refractivity contribution >= 4 is 23.5 Å². The molecule has 2 amide bonds. The minimum Gasteiger partial charge on any atom is -0.454 e. The van der Waals surface area contributed by atoms with E-state index < -0.39 is 30.3 Å². The smallest absolute Gasteiger partial charge is 0.329 e. The van der Waals surface area contributed by atoms with Crippen LogP contribution in [0.1, 0.15) is 29.8 Å². The van der Waals surface area contributed by atoms with E-state index in [1.165, 1.54) is 24.3 Å². The van der Waals surface area contributed by atoms with Gasteiger partial charge in [-0.05, 0) is 48.2 Å². The number of ether oxygens (including phenoxy) is 1. The number of carbonyl (C=O) groups is 3. The van der Waals surface area contributed by atoms with Crippen LogP contribution in [-0.2, 0) is 20.7 Å². The molecule has 1 heterocycles. The van der Waals surface area contributed by atoms with Gasteiger partial charge in [0.05, 0.1) is 0 Å². The van der Waals surface area contributed by atoms with E-state index in [9.17, 15) is 18.8 Å². The number of halogens is 1. The highest BCUT2D eigenvalue weighted by Crippen LogP contribution is 2.27. The van der Waals surface area contributed by atoms with Crippen LogP contribution in [0.25, 0.3) is 0 Å². The molecule has 0 aromatic heterocycles. The van der Waals surface area contributed by atoms with Gasteiger partial charge in [-0.1, -0.05) is 32.0 Å². The fraction of sp³-hybridized carbons (Fsp3) is 0.318. The van der Waals surface area contributed by atoms with Crippen molar-refractivity contribution in [2.75, 3.05) is 18.1 Å². The molecule has 1 aliphatic rings. The van der Waals surface area contributed by atoms with Gasteiger partial charge >= 0.3 is 5.97 Å². The quantitative estimate of drug-likeness (QED) is 0.760. The molecule has 29 heavy (non-hydrogen) atoms. The standard InChI is InChI=1S/C22H23FN2O4/c1-14(2)20(24-21(27)16-7-9-17(23)10-8-16)22(28)29-13-19(26)25-12-11-15-5-3-4-6-18(15)25/h3-10,14,20H,11-13H2,1-2H3,(H,24,27)/t20-/m0/s1. The van der Waals surface area contributed by atoms with Crippen molar-refractivity contribution in [1.82, 2.24) is 5.32 Å². The van der Waals surface area contributed by atoms with E-state index in [0.717, 1.165) is 17.7 Å². The van der Waals surface area contributed by atoms with Crippen LogP contribution < -0.4 is 10.2 Å². The maximum atomic E-state index is 13.0. The van der Waals surface area contributed by atoms with Crippen molar-refractivity contribution in [3.63, 3.8) is 0 Å². The number of rotatable bonds is 6. The van der Waals surface area contributed by atoms with Crippen LogP contribution in [0.4, 0.5) is 10.1 Å². The molecule has 0 fully saturated rings. The Hall–Kier alpha value is -3.22. The maximum Gasteiger partial charge on any atom is 0.329 e. The average molecular weight is 398 g/mol. The molecule has 0 saturated carbocycles. The average Bonchev–Trinajstić information content (AvgIpc) is 3.14. The molecule has 0 radical (unpaired) electrons. The summed E-state index contributed by atoms with van der Waals surface area (Å²) in [6.07, 6.45) is 0.762. The molecule has 0 saturated heterocycles. The molecule has 0 unspecified atom stereocenters. The Balaban J connectivity index is 1.59. The normalized spacial score (nSPS) is 13.7. The second kappa shape index (κ2) is 8.86. The van der Waals surface area contributed by atoms with E-state index in [0.29, 0.717) is 6.54 Å². The Morgan fingerprint density at radius 3 is 2.48 bits per heavy atom. The van der Waals surface area contributed by atoms with Gasteiger partial charge in [-0.2, -0.15) is 0 Å². The highest BCUT2D eigenvalue weighted by Gasteiger charge is 2.29. The van der Waals surface area contributed by atoms with Crippen LogP contribution >= 0.6 is 0 Å². The number of para-hydroxylation sites is 1. The number of benzene rings is 2. The second-order valence-electron chi connectivity index (χ2n) is 7.23. The first-order chi connectivity index (χ1) is 13.9. The van der Waals surface area contributed by atoms with Gasteiger partial charge in [0.25, 0.3) is 11.8 Å². The lowest BCUT2D eigenvalue weighted by atomic mass is 10.0. The van der Waals surface area contributed by atoms with Crippen molar-refractivity contribution in [3.05, 3.63) is 65.5 Å². The van der Waals surface area contributed by atoms with E-state index >= 15 is 0 Å². The number of anilines is 1. The molecule has 1 aliphatic heterocycles. The SMILES string of the molecule is CC(C)[C@H](NC(=O)c1ccc(F)cc1)C(=O)OCC(=O)N1CCc2ccccc21. The van der Waals surface area contributed by atoms with Gasteiger partial charge in [0, 0.05) is 17.8 Å². The molecular formula is C22H23FN2O4. The molecule has 0 bridgehead atoms. The molecule has 7 heteroatoms. The second-order valence-corrected chi connectivity index (χ2v) is 7.23. The van der Waals surface area contributed by atoms with Gasteiger partial charge in [0.1, 0.15) is 11.9 Å². The first-order valence-electron chi connectivity index (χ1n) is 9.48. The molecule has 1 atom stereocenters. The van der Waals surface area contributed by atoms with Crippen LogP contribution in [0.3, 0.4) is 0 Å². The first kappa shape index (κ1) is 20.5. The summed E-state index contributed by atoms with van der Waals surface area (Å²) >= 11 is 0. The van der Waals surface area contributed by atoms with E-state index in [2.05, 4.69) is 5.32 Å². The third-order valence-corrected chi connectivity index (χ3v) is 4.84. The molecule has 2 aromatic carbocycles. The summed E-state index contributed by atoms with van der Waals surface area (Å²) in [7, 11) is 0. The summed E-state index contributed by atoms with van der Waals surface area (Å²) in [6.45, 7) is 3.66. The van der Waals surface area contributed by atoms with E-state index in [4.69, 9.17) is 4.74 Å². The van der Waals surface area contributed by atoms with Crippen LogP contribution in [0.2, 0.25) is 0 Å². The zero-order chi connectivity index (χ0) is 21.0. The van der Waals surface area contributed by atoms with Gasteiger partial charge < -0.3 is 15.0 Å². The minimum absolute atomic E-state index is 0.231. The third-order valence-electron chi connectivity index (χ3n) is 4.84. The Labute approximate surface area is 168 Å². The van der Waals surface area contributed by atoms with E-state index in [-0.39, 0.29) is 17.4 Å². The molecule has 2 aromatic rings. The van der Waals surface area contributed by atoms with Crippen molar-refractivity contribution < 1.29 is 23.5 Å². The van der Waals surface area contributed by atoms with Crippen molar-refractivity contribution in [2.45, 2.75) is 26.3 Å². The van der Waals surface area contributed by atoms with Crippen LogP contribution in [0.5, 0.6) is 0 Å². The van der Waals surface area contributed by atoms with Gasteiger partial charge in [-0.15, -0.1) is 0 Å². The topological polar surface area (TPSA) is 75.7 Å². The summed E-state index contributed by atoms with van der Waals surface area (Å²) in [6, 6.07) is 11.7. The first-order valence-corrected chi connectivity index (χ1v) is 9.48. The fourth-order valence-electron chi connectivity index (χ4n) is 3.22. The number of carbonyl (C=O) groups excluding carboxylic acids is 3. The monoisotopic (exact) mass is 398 g/mol. The summed E-state index contributed by atoms with van der Waals surface area (Å²) in [5.41, 5.74) is 2.15. The fourth-order valence-corrected chi connectivity index (χ4v) is 3.22. The highest BCUT2D eigenvalue weighted by atomic mass is 19.1. The maximum absolute atomic E-state index is 13.0. The summed E-state index contributed by atoms with van der Waals surface area (Å²) in [4.78, 5) is 39.0. The molecule has 1 N–H and O–H groups in total. The molecule has 6 nitrogen and oxygen atoms in total. The van der Waals surface area contributed by atoms with Gasteiger partial charge in [-0.25, -0.2) is 9.18 Å². The molecule has 3 rings (SSSR count). The lowest BCUT2D eigenvalue weighted by Crippen LogP contribution is -2.46. The lowest BCUT2D eigenvalue weighted by molar-refractivity contribution is -0.150.